The van der Waals surface area contributed by atoms with Crippen LogP contribution in [0.2, 0.25) is 0 Å². The van der Waals surface area contributed by atoms with Gasteiger partial charge in [0.1, 0.15) is 0 Å². The average Bonchev–Trinajstić information content (AvgIpc) is 2.74. The Balaban J connectivity index is 1.83. The lowest BCUT2D eigenvalue weighted by Crippen LogP contribution is -2.14. The topological polar surface area (TPSA) is 85.6 Å². The minimum atomic E-state index is -0.690. The maximum absolute atomic E-state index is 12.5. The van der Waals surface area contributed by atoms with E-state index in [1.807, 2.05) is 6.07 Å². The van der Waals surface area contributed by atoms with Crippen molar-refractivity contribution in [2.24, 2.45) is 0 Å². The summed E-state index contributed by atoms with van der Waals surface area (Å²) in [6.07, 6.45) is 3.90. The SMILES string of the molecule is CCCCCCOC(=O)c1cc(=O)c2cccc(NC(=O)c3ccccc3)c2o1. The molecule has 29 heavy (non-hydrogen) atoms. The Hall–Kier alpha value is -3.41. The molecule has 6 nitrogen and oxygen atoms in total. The summed E-state index contributed by atoms with van der Waals surface area (Å²) >= 11 is 0. The monoisotopic (exact) mass is 393 g/mol. The first-order chi connectivity index (χ1) is 14.1. The number of esters is 1. The smallest absolute Gasteiger partial charge is 0.374 e. The highest BCUT2D eigenvalue weighted by Crippen LogP contribution is 2.23. The maximum atomic E-state index is 12.5. The normalized spacial score (nSPS) is 10.7. The van der Waals surface area contributed by atoms with Gasteiger partial charge in [-0.1, -0.05) is 50.5 Å². The van der Waals surface area contributed by atoms with Gasteiger partial charge in [-0.15, -0.1) is 0 Å². The second-order valence-electron chi connectivity index (χ2n) is 6.67. The van der Waals surface area contributed by atoms with Crippen molar-refractivity contribution >= 4 is 28.5 Å². The highest BCUT2D eigenvalue weighted by molar-refractivity contribution is 6.08. The van der Waals surface area contributed by atoms with Crippen LogP contribution in [0.25, 0.3) is 11.0 Å². The predicted molar refractivity (Wildman–Crippen MR) is 111 cm³/mol. The number of fused-ring (bicyclic) bond motifs is 1. The number of rotatable bonds is 8. The molecule has 150 valence electrons. The number of hydrogen-bond donors (Lipinski definition) is 1. The van der Waals surface area contributed by atoms with Crippen LogP contribution in [0.15, 0.2) is 63.8 Å². The minimum Gasteiger partial charge on any atom is -0.460 e. The van der Waals surface area contributed by atoms with Gasteiger partial charge in [-0.3, -0.25) is 9.59 Å². The highest BCUT2D eigenvalue weighted by Gasteiger charge is 2.17. The Labute approximate surface area is 168 Å². The van der Waals surface area contributed by atoms with Gasteiger partial charge in [0.15, 0.2) is 11.0 Å². The Morgan fingerprint density at radius 3 is 2.55 bits per heavy atom. The Kier molecular flexibility index (Phi) is 6.79. The van der Waals surface area contributed by atoms with Crippen molar-refractivity contribution in [3.05, 3.63) is 76.1 Å². The molecule has 0 aliphatic rings. The third-order valence-electron chi connectivity index (χ3n) is 4.47. The number of ether oxygens (including phenoxy) is 1. The zero-order chi connectivity index (χ0) is 20.6. The molecule has 2 aromatic carbocycles. The van der Waals surface area contributed by atoms with Crippen LogP contribution in [0.3, 0.4) is 0 Å². The first-order valence-corrected chi connectivity index (χ1v) is 9.70. The molecule has 0 aliphatic heterocycles. The Morgan fingerprint density at radius 1 is 1.00 bits per heavy atom. The molecule has 0 unspecified atom stereocenters. The Bertz CT molecular complexity index is 1060. The van der Waals surface area contributed by atoms with Crippen molar-refractivity contribution in [2.75, 3.05) is 11.9 Å². The van der Waals surface area contributed by atoms with E-state index in [4.69, 9.17) is 9.15 Å². The summed E-state index contributed by atoms with van der Waals surface area (Å²) in [5.74, 6) is -1.21. The molecule has 0 atom stereocenters. The van der Waals surface area contributed by atoms with E-state index in [1.54, 1.807) is 42.5 Å². The molecule has 0 saturated heterocycles. The molecule has 1 N–H and O–H groups in total. The summed E-state index contributed by atoms with van der Waals surface area (Å²) < 4.78 is 10.9. The van der Waals surface area contributed by atoms with E-state index >= 15 is 0 Å². The number of hydrogen-bond acceptors (Lipinski definition) is 5. The molecule has 6 heteroatoms. The van der Waals surface area contributed by atoms with Gasteiger partial charge >= 0.3 is 5.97 Å². The molecular formula is C23H23NO5. The third kappa shape index (κ3) is 5.10. The van der Waals surface area contributed by atoms with Crippen LogP contribution in [-0.4, -0.2) is 18.5 Å². The van der Waals surface area contributed by atoms with Crippen LogP contribution >= 0.6 is 0 Å². The van der Waals surface area contributed by atoms with Gasteiger partial charge in [0.2, 0.25) is 5.76 Å². The van der Waals surface area contributed by atoms with Crippen LogP contribution in [0, 0.1) is 0 Å². The second kappa shape index (κ2) is 9.68. The van der Waals surface area contributed by atoms with E-state index in [9.17, 15) is 14.4 Å². The van der Waals surface area contributed by atoms with Crippen molar-refractivity contribution in [3.8, 4) is 0 Å². The lowest BCUT2D eigenvalue weighted by molar-refractivity contribution is 0.0462. The summed E-state index contributed by atoms with van der Waals surface area (Å²) in [5.41, 5.74) is 0.544. The quantitative estimate of drug-likeness (QED) is 0.440. The summed E-state index contributed by atoms with van der Waals surface area (Å²) in [6.45, 7) is 2.37. The average molecular weight is 393 g/mol. The molecule has 3 rings (SSSR count). The van der Waals surface area contributed by atoms with Crippen LogP contribution < -0.4 is 10.7 Å². The predicted octanol–water partition coefficient (Wildman–Crippen LogP) is 4.78. The number of benzene rings is 2. The molecule has 0 bridgehead atoms. The summed E-state index contributed by atoms with van der Waals surface area (Å²) in [7, 11) is 0. The van der Waals surface area contributed by atoms with Crippen molar-refractivity contribution < 1.29 is 18.7 Å². The van der Waals surface area contributed by atoms with Gasteiger partial charge in [-0.25, -0.2) is 4.79 Å². The molecule has 1 amide bonds. The second-order valence-corrected chi connectivity index (χ2v) is 6.67. The largest absolute Gasteiger partial charge is 0.460 e. The van der Waals surface area contributed by atoms with Crippen molar-refractivity contribution in [3.63, 3.8) is 0 Å². The summed E-state index contributed by atoms with van der Waals surface area (Å²) in [6, 6.07) is 14.7. The van der Waals surface area contributed by atoms with E-state index in [0.29, 0.717) is 11.3 Å². The number of amides is 1. The van der Waals surface area contributed by atoms with E-state index in [0.717, 1.165) is 31.7 Å². The first kappa shape index (κ1) is 20.3. The summed E-state index contributed by atoms with van der Waals surface area (Å²) in [5, 5.41) is 3.01. The fourth-order valence-corrected chi connectivity index (χ4v) is 2.93. The standard InChI is InChI=1S/C23H23NO5/c1-2-3-4-8-14-28-23(27)20-15-19(25)17-12-9-13-18(21(17)29-20)24-22(26)16-10-6-5-7-11-16/h5-7,9-13,15H,2-4,8,14H2,1H3,(H,24,26). The van der Waals surface area contributed by atoms with Crippen molar-refractivity contribution in [1.29, 1.82) is 0 Å². The van der Waals surface area contributed by atoms with E-state index < -0.39 is 5.97 Å². The lowest BCUT2D eigenvalue weighted by Gasteiger charge is -2.09. The lowest BCUT2D eigenvalue weighted by atomic mass is 10.1. The van der Waals surface area contributed by atoms with Gasteiger partial charge in [0, 0.05) is 11.6 Å². The molecule has 1 heterocycles. The molecular weight excluding hydrogens is 370 g/mol. The number of carbonyl (C=O) groups excluding carboxylic acids is 2. The zero-order valence-corrected chi connectivity index (χ0v) is 16.3. The van der Waals surface area contributed by atoms with E-state index in [2.05, 4.69) is 12.2 Å². The van der Waals surface area contributed by atoms with E-state index in [1.165, 1.54) is 0 Å². The van der Waals surface area contributed by atoms with Gasteiger partial charge < -0.3 is 14.5 Å². The summed E-state index contributed by atoms with van der Waals surface area (Å²) in [4.78, 5) is 37.2. The van der Waals surface area contributed by atoms with Crippen LogP contribution in [0.4, 0.5) is 5.69 Å². The molecule has 1 aromatic heterocycles. The molecule has 0 radical (unpaired) electrons. The van der Waals surface area contributed by atoms with Gasteiger partial charge in [0.25, 0.3) is 5.91 Å². The van der Waals surface area contributed by atoms with E-state index in [-0.39, 0.29) is 34.7 Å². The van der Waals surface area contributed by atoms with Gasteiger partial charge in [-0.05, 0) is 30.7 Å². The zero-order valence-electron chi connectivity index (χ0n) is 16.3. The fraction of sp³-hybridized carbons (Fsp3) is 0.261. The van der Waals surface area contributed by atoms with Crippen LogP contribution in [0.5, 0.6) is 0 Å². The first-order valence-electron chi connectivity index (χ1n) is 9.70. The Morgan fingerprint density at radius 2 is 1.79 bits per heavy atom. The highest BCUT2D eigenvalue weighted by atomic mass is 16.5. The van der Waals surface area contributed by atoms with Crippen LogP contribution in [-0.2, 0) is 4.74 Å². The third-order valence-corrected chi connectivity index (χ3v) is 4.47. The molecule has 0 spiro atoms. The number of para-hydroxylation sites is 1. The molecule has 0 fully saturated rings. The molecule has 0 saturated carbocycles. The minimum absolute atomic E-state index is 0.141. The van der Waals surface area contributed by atoms with Crippen LogP contribution in [0.1, 0.15) is 53.5 Å². The molecule has 0 aliphatic carbocycles. The number of nitrogens with one attached hydrogen (secondary N) is 1. The van der Waals surface area contributed by atoms with Crippen molar-refractivity contribution in [2.45, 2.75) is 32.6 Å². The number of unbranched alkanes of at least 4 members (excludes halogenated alkanes) is 3. The molecule has 3 aromatic rings. The number of anilines is 1. The van der Waals surface area contributed by atoms with Gasteiger partial charge in [0.05, 0.1) is 17.7 Å². The maximum Gasteiger partial charge on any atom is 0.374 e. The number of carbonyl (C=O) groups is 2. The van der Waals surface area contributed by atoms with Crippen molar-refractivity contribution in [1.82, 2.24) is 0 Å². The van der Waals surface area contributed by atoms with Gasteiger partial charge in [-0.2, -0.15) is 0 Å². The fourth-order valence-electron chi connectivity index (χ4n) is 2.93.